The summed E-state index contributed by atoms with van der Waals surface area (Å²) in [7, 11) is 0. The number of aryl methyl sites for hydroxylation is 1. The average molecular weight is 468 g/mol. The highest BCUT2D eigenvalue weighted by molar-refractivity contribution is 9.10. The molecule has 2 aromatic heterocycles. The van der Waals surface area contributed by atoms with Crippen LogP contribution in [0.2, 0.25) is 0 Å². The summed E-state index contributed by atoms with van der Waals surface area (Å²) >= 11 is 3.53. The van der Waals surface area contributed by atoms with Crippen LogP contribution in [0.15, 0.2) is 95.5 Å². The molecule has 0 aliphatic carbocycles. The Labute approximate surface area is 190 Å². The van der Waals surface area contributed by atoms with Crippen molar-refractivity contribution >= 4 is 15.9 Å². The normalized spacial score (nSPS) is 11.1. The minimum atomic E-state index is 0.883. The zero-order valence-electron chi connectivity index (χ0n) is 17.4. The maximum Gasteiger partial charge on any atom is 0.140 e. The summed E-state index contributed by atoms with van der Waals surface area (Å²) in [5, 5.41) is 0. The van der Waals surface area contributed by atoms with E-state index in [1.807, 2.05) is 12.1 Å². The first-order valence-corrected chi connectivity index (χ1v) is 11.1. The molecule has 0 saturated heterocycles. The van der Waals surface area contributed by atoms with Crippen LogP contribution < -0.4 is 0 Å². The van der Waals surface area contributed by atoms with Crippen LogP contribution in [0.25, 0.3) is 39.6 Å². The third kappa shape index (κ3) is 3.64. The number of H-pyrrole nitrogens is 1. The van der Waals surface area contributed by atoms with Crippen molar-refractivity contribution in [3.05, 3.63) is 107 Å². The Morgan fingerprint density at radius 1 is 0.774 bits per heavy atom. The number of hydrogen-bond donors (Lipinski definition) is 1. The number of nitrogens with one attached hydrogen (secondary N) is 1. The van der Waals surface area contributed by atoms with Crippen molar-refractivity contribution < 1.29 is 0 Å². The SMILES string of the molecule is Cc1cc(-c2nc(-c3ccccc3)c(-c3ccccc3)[nH]2)c(C)n1-c1ccc(Br)cc1. The fraction of sp³-hybridized carbons (Fsp3) is 0.0741. The van der Waals surface area contributed by atoms with E-state index in [0.717, 1.165) is 49.8 Å². The smallest absolute Gasteiger partial charge is 0.140 e. The number of nitrogens with zero attached hydrogens (tertiary/aromatic N) is 2. The molecule has 31 heavy (non-hydrogen) atoms. The summed E-state index contributed by atoms with van der Waals surface area (Å²) in [5.74, 6) is 0.883. The predicted molar refractivity (Wildman–Crippen MR) is 131 cm³/mol. The minimum absolute atomic E-state index is 0.883. The molecule has 2 heterocycles. The van der Waals surface area contributed by atoms with Crippen LogP contribution in [-0.4, -0.2) is 14.5 Å². The molecular formula is C27H22BrN3. The van der Waals surface area contributed by atoms with Crippen molar-refractivity contribution in [3.8, 4) is 39.6 Å². The van der Waals surface area contributed by atoms with Gasteiger partial charge in [0.2, 0.25) is 0 Å². The van der Waals surface area contributed by atoms with E-state index in [1.54, 1.807) is 0 Å². The van der Waals surface area contributed by atoms with E-state index in [1.165, 1.54) is 5.69 Å². The van der Waals surface area contributed by atoms with Gasteiger partial charge < -0.3 is 9.55 Å². The molecule has 0 fully saturated rings. The van der Waals surface area contributed by atoms with Gasteiger partial charge >= 0.3 is 0 Å². The lowest BCUT2D eigenvalue weighted by atomic mass is 10.1. The van der Waals surface area contributed by atoms with Crippen molar-refractivity contribution in [2.45, 2.75) is 13.8 Å². The molecule has 1 N–H and O–H groups in total. The summed E-state index contributed by atoms with van der Waals surface area (Å²) in [4.78, 5) is 8.70. The van der Waals surface area contributed by atoms with Gasteiger partial charge in [-0.15, -0.1) is 0 Å². The molecule has 0 radical (unpaired) electrons. The van der Waals surface area contributed by atoms with Crippen molar-refractivity contribution in [2.24, 2.45) is 0 Å². The Morgan fingerprint density at radius 3 is 2.03 bits per heavy atom. The third-order valence-electron chi connectivity index (χ3n) is 5.58. The predicted octanol–water partition coefficient (Wildman–Crippen LogP) is 7.58. The molecule has 152 valence electrons. The molecule has 0 atom stereocenters. The molecule has 5 aromatic rings. The standard InChI is InChI=1S/C27H22BrN3/c1-18-17-24(19(2)31(18)23-15-13-22(28)14-16-23)27-29-25(20-9-5-3-6-10-20)26(30-27)21-11-7-4-8-12-21/h3-17H,1-2H3,(H,29,30). The summed E-state index contributed by atoms with van der Waals surface area (Å²) in [6.07, 6.45) is 0. The highest BCUT2D eigenvalue weighted by Crippen LogP contribution is 2.35. The quantitative estimate of drug-likeness (QED) is 0.290. The van der Waals surface area contributed by atoms with E-state index in [-0.39, 0.29) is 0 Å². The van der Waals surface area contributed by atoms with E-state index in [9.17, 15) is 0 Å². The molecule has 0 aliphatic rings. The summed E-state index contributed by atoms with van der Waals surface area (Å²) in [5.41, 5.74) is 8.82. The molecule has 0 amide bonds. The van der Waals surface area contributed by atoms with Gasteiger partial charge in [0.15, 0.2) is 0 Å². The Kier molecular flexibility index (Phi) is 5.08. The molecule has 0 aliphatic heterocycles. The first kappa shape index (κ1) is 19.6. The largest absolute Gasteiger partial charge is 0.337 e. The first-order chi connectivity index (χ1) is 15.1. The lowest BCUT2D eigenvalue weighted by Crippen LogP contribution is -1.98. The molecular weight excluding hydrogens is 446 g/mol. The zero-order chi connectivity index (χ0) is 21.4. The lowest BCUT2D eigenvalue weighted by molar-refractivity contribution is 0.965. The average Bonchev–Trinajstić information content (AvgIpc) is 3.37. The molecule has 5 rings (SSSR count). The highest BCUT2D eigenvalue weighted by atomic mass is 79.9. The minimum Gasteiger partial charge on any atom is -0.337 e. The second-order valence-electron chi connectivity index (χ2n) is 7.64. The van der Waals surface area contributed by atoms with Crippen LogP contribution in [0.5, 0.6) is 0 Å². The number of aromatic nitrogens is 3. The fourth-order valence-electron chi connectivity index (χ4n) is 4.11. The van der Waals surface area contributed by atoms with Crippen LogP contribution in [-0.2, 0) is 0 Å². The maximum atomic E-state index is 5.07. The van der Waals surface area contributed by atoms with Crippen LogP contribution >= 0.6 is 15.9 Å². The Bertz CT molecular complexity index is 1270. The molecule has 3 aromatic carbocycles. The van der Waals surface area contributed by atoms with Gasteiger partial charge in [-0.1, -0.05) is 76.6 Å². The van der Waals surface area contributed by atoms with E-state index in [2.05, 4.69) is 118 Å². The maximum absolute atomic E-state index is 5.07. The zero-order valence-corrected chi connectivity index (χ0v) is 19.0. The summed E-state index contributed by atoms with van der Waals surface area (Å²) < 4.78 is 3.35. The number of benzene rings is 3. The van der Waals surface area contributed by atoms with Gasteiger partial charge in [-0.25, -0.2) is 4.98 Å². The van der Waals surface area contributed by atoms with Crippen LogP contribution in [0, 0.1) is 13.8 Å². The topological polar surface area (TPSA) is 33.6 Å². The molecule has 0 bridgehead atoms. The van der Waals surface area contributed by atoms with Crippen molar-refractivity contribution in [1.82, 2.24) is 14.5 Å². The molecule has 0 unspecified atom stereocenters. The summed E-state index contributed by atoms with van der Waals surface area (Å²) in [6, 6.07) is 31.4. The highest BCUT2D eigenvalue weighted by Gasteiger charge is 2.19. The van der Waals surface area contributed by atoms with Crippen molar-refractivity contribution in [1.29, 1.82) is 0 Å². The number of hydrogen-bond acceptors (Lipinski definition) is 1. The van der Waals surface area contributed by atoms with Crippen LogP contribution in [0.3, 0.4) is 0 Å². The Balaban J connectivity index is 1.68. The van der Waals surface area contributed by atoms with E-state index >= 15 is 0 Å². The second-order valence-corrected chi connectivity index (χ2v) is 8.55. The van der Waals surface area contributed by atoms with Gasteiger partial charge in [-0.2, -0.15) is 0 Å². The van der Waals surface area contributed by atoms with Gasteiger partial charge in [0.25, 0.3) is 0 Å². The number of aromatic amines is 1. The number of halogens is 1. The van der Waals surface area contributed by atoms with E-state index < -0.39 is 0 Å². The Hall–Kier alpha value is -3.37. The van der Waals surface area contributed by atoms with E-state index in [4.69, 9.17) is 4.98 Å². The summed E-state index contributed by atoms with van der Waals surface area (Å²) in [6.45, 7) is 4.29. The molecule has 4 heteroatoms. The van der Waals surface area contributed by atoms with E-state index in [0.29, 0.717) is 0 Å². The molecule has 0 saturated carbocycles. The third-order valence-corrected chi connectivity index (χ3v) is 6.11. The van der Waals surface area contributed by atoms with Crippen LogP contribution in [0.4, 0.5) is 0 Å². The van der Waals surface area contributed by atoms with Gasteiger partial charge in [0, 0.05) is 38.2 Å². The fourth-order valence-corrected chi connectivity index (χ4v) is 4.37. The second kappa shape index (κ2) is 8.05. The van der Waals surface area contributed by atoms with Crippen molar-refractivity contribution in [3.63, 3.8) is 0 Å². The van der Waals surface area contributed by atoms with Gasteiger partial charge in [-0.3, -0.25) is 0 Å². The lowest BCUT2D eigenvalue weighted by Gasteiger charge is -2.09. The molecule has 3 nitrogen and oxygen atoms in total. The number of rotatable bonds is 4. The Morgan fingerprint density at radius 2 is 1.39 bits per heavy atom. The van der Waals surface area contributed by atoms with Gasteiger partial charge in [0.05, 0.1) is 11.4 Å². The molecule has 0 spiro atoms. The van der Waals surface area contributed by atoms with Gasteiger partial charge in [0.1, 0.15) is 5.82 Å². The van der Waals surface area contributed by atoms with Crippen LogP contribution in [0.1, 0.15) is 11.4 Å². The first-order valence-electron chi connectivity index (χ1n) is 10.3. The van der Waals surface area contributed by atoms with Crippen molar-refractivity contribution in [2.75, 3.05) is 0 Å². The van der Waals surface area contributed by atoms with Gasteiger partial charge in [-0.05, 0) is 44.2 Å². The number of imidazole rings is 1. The monoisotopic (exact) mass is 467 g/mol.